The van der Waals surface area contributed by atoms with E-state index in [1.807, 2.05) is 0 Å². The summed E-state index contributed by atoms with van der Waals surface area (Å²) in [5.41, 5.74) is 31.8. The molecule has 4 unspecified atom stereocenters. The van der Waals surface area contributed by atoms with Gasteiger partial charge in [0.1, 0.15) is 18.1 Å². The van der Waals surface area contributed by atoms with Gasteiger partial charge in [0.05, 0.1) is 12.5 Å². The maximum Gasteiger partial charge on any atom is 0.326 e. The third kappa shape index (κ3) is 15.2. The van der Waals surface area contributed by atoms with Crippen molar-refractivity contribution in [2.75, 3.05) is 13.1 Å². The first-order valence-electron chi connectivity index (χ1n) is 12.0. The summed E-state index contributed by atoms with van der Waals surface area (Å²) < 4.78 is 0. The molecule has 4 atom stereocenters. The largest absolute Gasteiger partial charge is 0.480 e. The number of nitrogens with one attached hydrogen (secondary N) is 3. The number of nitrogens with two attached hydrogens (primary N) is 6. The molecular weight excluding hydrogens is 504 g/mol. The number of aliphatic carboxylic acids is 1. The van der Waals surface area contributed by atoms with Crippen LogP contribution >= 0.6 is 0 Å². The van der Waals surface area contributed by atoms with Crippen LogP contribution in [0.1, 0.15) is 51.4 Å². The number of carboxylic acid groups (broad SMARTS) is 1. The molecule has 0 saturated heterocycles. The predicted molar refractivity (Wildman–Crippen MR) is 136 cm³/mol. The smallest absolute Gasteiger partial charge is 0.326 e. The van der Waals surface area contributed by atoms with Crippen molar-refractivity contribution in [1.29, 1.82) is 0 Å². The highest BCUT2D eigenvalue weighted by Crippen LogP contribution is 2.07. The molecule has 0 spiro atoms. The Morgan fingerprint density at radius 2 is 1.24 bits per heavy atom. The Morgan fingerprint density at radius 3 is 1.74 bits per heavy atom. The number of carbonyl (C=O) groups is 6. The molecule has 0 fully saturated rings. The fourth-order valence-electron chi connectivity index (χ4n) is 3.21. The van der Waals surface area contributed by atoms with Crippen molar-refractivity contribution in [3.63, 3.8) is 0 Å². The second-order valence-corrected chi connectivity index (χ2v) is 8.54. The Balaban J connectivity index is 5.58. The Morgan fingerprint density at radius 1 is 0.711 bits per heavy atom. The number of nitrogens with zero attached hydrogens (tertiary/aromatic N) is 1. The van der Waals surface area contributed by atoms with E-state index < -0.39 is 66.1 Å². The van der Waals surface area contributed by atoms with Crippen molar-refractivity contribution >= 4 is 41.5 Å². The standard InChI is InChI=1S/C21H40N10O7/c22-8-2-1-4-12(18(35)31-14(20(37)38)5-3-9-28-21(26)27)30-19(36)13(6-7-15(24)32)29-17(34)11(23)10-16(25)33/h11-14H,1-10,22-23H2,(H2,24,32)(H2,25,33)(H,29,34)(H,30,36)(H,31,35)(H,37,38)(H4,26,27,28). The first-order valence-corrected chi connectivity index (χ1v) is 12.0. The number of primary amides is 2. The van der Waals surface area contributed by atoms with Crippen LogP contribution in [0.3, 0.4) is 0 Å². The van der Waals surface area contributed by atoms with Gasteiger partial charge in [-0.3, -0.25) is 29.0 Å². The molecule has 16 N–H and O–H groups in total. The van der Waals surface area contributed by atoms with Crippen molar-refractivity contribution < 1.29 is 33.9 Å². The van der Waals surface area contributed by atoms with Crippen LogP contribution in [0.25, 0.3) is 0 Å². The maximum atomic E-state index is 13.0. The molecule has 0 radical (unpaired) electrons. The fourth-order valence-corrected chi connectivity index (χ4v) is 3.21. The Kier molecular flexibility index (Phi) is 16.4. The summed E-state index contributed by atoms with van der Waals surface area (Å²) in [4.78, 5) is 76.0. The lowest BCUT2D eigenvalue weighted by Crippen LogP contribution is -2.57. The van der Waals surface area contributed by atoms with Gasteiger partial charge in [0.25, 0.3) is 0 Å². The lowest BCUT2D eigenvalue weighted by molar-refractivity contribution is -0.142. The molecule has 5 amide bonds. The molecule has 216 valence electrons. The lowest BCUT2D eigenvalue weighted by atomic mass is 10.0. The van der Waals surface area contributed by atoms with Gasteiger partial charge < -0.3 is 55.5 Å². The Bertz CT molecular complexity index is 863. The molecular formula is C21H40N10O7. The van der Waals surface area contributed by atoms with Crippen LogP contribution in [0.15, 0.2) is 4.99 Å². The van der Waals surface area contributed by atoms with Gasteiger partial charge in [-0.15, -0.1) is 0 Å². The number of rotatable bonds is 20. The van der Waals surface area contributed by atoms with Crippen molar-refractivity contribution in [3.05, 3.63) is 0 Å². The zero-order valence-electron chi connectivity index (χ0n) is 21.2. The number of hydrogen-bond donors (Lipinski definition) is 10. The molecule has 0 aromatic heterocycles. The first-order chi connectivity index (χ1) is 17.8. The molecule has 0 saturated carbocycles. The second-order valence-electron chi connectivity index (χ2n) is 8.54. The van der Waals surface area contributed by atoms with Gasteiger partial charge in [-0.05, 0) is 45.1 Å². The average molecular weight is 545 g/mol. The number of unbranched alkanes of at least 4 members (excludes halogenated alkanes) is 1. The van der Waals surface area contributed by atoms with Gasteiger partial charge in [-0.1, -0.05) is 0 Å². The highest BCUT2D eigenvalue weighted by Gasteiger charge is 2.30. The Hall–Kier alpha value is -3.99. The summed E-state index contributed by atoms with van der Waals surface area (Å²) in [7, 11) is 0. The van der Waals surface area contributed by atoms with Gasteiger partial charge in [-0.2, -0.15) is 0 Å². The number of amides is 5. The topological polar surface area (TPSA) is 327 Å². The van der Waals surface area contributed by atoms with Crippen molar-refractivity contribution in [2.45, 2.75) is 75.5 Å². The van der Waals surface area contributed by atoms with Crippen LogP contribution in [-0.4, -0.2) is 83.8 Å². The summed E-state index contributed by atoms with van der Waals surface area (Å²) >= 11 is 0. The quantitative estimate of drug-likeness (QED) is 0.0393. The van der Waals surface area contributed by atoms with Crippen molar-refractivity contribution in [2.24, 2.45) is 39.4 Å². The van der Waals surface area contributed by atoms with Gasteiger partial charge in [-0.25, -0.2) is 4.79 Å². The van der Waals surface area contributed by atoms with E-state index in [1.165, 1.54) is 0 Å². The van der Waals surface area contributed by atoms with Crippen molar-refractivity contribution in [1.82, 2.24) is 16.0 Å². The van der Waals surface area contributed by atoms with E-state index in [2.05, 4.69) is 20.9 Å². The summed E-state index contributed by atoms with van der Waals surface area (Å²) in [6.07, 6.45) is 0.304. The second kappa shape index (κ2) is 18.3. The zero-order valence-corrected chi connectivity index (χ0v) is 21.2. The number of hydrogen-bond acceptors (Lipinski definition) is 9. The minimum atomic E-state index is -1.35. The van der Waals surface area contributed by atoms with E-state index in [-0.39, 0.29) is 44.6 Å². The number of carbonyl (C=O) groups excluding carboxylic acids is 5. The number of aliphatic imine (C=N–C) groups is 1. The van der Waals surface area contributed by atoms with Crippen LogP contribution in [0.2, 0.25) is 0 Å². The molecule has 17 nitrogen and oxygen atoms in total. The van der Waals surface area contributed by atoms with E-state index in [4.69, 9.17) is 34.4 Å². The minimum absolute atomic E-state index is 0.0103. The van der Waals surface area contributed by atoms with E-state index >= 15 is 0 Å². The van der Waals surface area contributed by atoms with Crippen LogP contribution < -0.4 is 50.4 Å². The van der Waals surface area contributed by atoms with Gasteiger partial charge in [0, 0.05) is 13.0 Å². The molecule has 0 aliphatic rings. The monoisotopic (exact) mass is 544 g/mol. The Labute approximate surface area is 219 Å². The van der Waals surface area contributed by atoms with Crippen LogP contribution in [-0.2, 0) is 28.8 Å². The summed E-state index contributed by atoms with van der Waals surface area (Å²) in [6, 6.07) is -5.17. The van der Waals surface area contributed by atoms with E-state index in [9.17, 15) is 33.9 Å². The van der Waals surface area contributed by atoms with Gasteiger partial charge in [0.15, 0.2) is 5.96 Å². The summed E-state index contributed by atoms with van der Waals surface area (Å²) in [5.74, 6) is -5.56. The van der Waals surface area contributed by atoms with Crippen LogP contribution in [0, 0.1) is 0 Å². The molecule has 0 rings (SSSR count). The number of carboxylic acids is 1. The zero-order chi connectivity index (χ0) is 29.3. The fraction of sp³-hybridized carbons (Fsp3) is 0.667. The highest BCUT2D eigenvalue weighted by molar-refractivity contribution is 5.95. The maximum absolute atomic E-state index is 13.0. The molecule has 0 aromatic carbocycles. The van der Waals surface area contributed by atoms with E-state index in [1.54, 1.807) is 0 Å². The molecule has 17 heteroatoms. The highest BCUT2D eigenvalue weighted by atomic mass is 16.4. The van der Waals surface area contributed by atoms with Crippen LogP contribution in [0.4, 0.5) is 0 Å². The molecule has 0 bridgehead atoms. The lowest BCUT2D eigenvalue weighted by Gasteiger charge is -2.25. The molecule has 0 heterocycles. The molecule has 0 aliphatic carbocycles. The molecule has 0 aromatic rings. The van der Waals surface area contributed by atoms with Gasteiger partial charge in [0.2, 0.25) is 29.5 Å². The first kappa shape index (κ1) is 34.0. The third-order valence-electron chi connectivity index (χ3n) is 5.21. The normalized spacial score (nSPS) is 13.7. The SMILES string of the molecule is NCCCCC(NC(=O)C(CCC(N)=O)NC(=O)C(N)CC(N)=O)C(=O)NC(CCCN=C(N)N)C(=O)O. The minimum Gasteiger partial charge on any atom is -0.480 e. The third-order valence-corrected chi connectivity index (χ3v) is 5.21. The average Bonchev–Trinajstić information content (AvgIpc) is 2.81. The van der Waals surface area contributed by atoms with Crippen molar-refractivity contribution in [3.8, 4) is 0 Å². The summed E-state index contributed by atoms with van der Waals surface area (Å²) in [5, 5.41) is 16.7. The van der Waals surface area contributed by atoms with Crippen LogP contribution in [0.5, 0.6) is 0 Å². The number of guanidine groups is 1. The van der Waals surface area contributed by atoms with E-state index in [0.717, 1.165) is 0 Å². The summed E-state index contributed by atoms with van der Waals surface area (Å²) in [6.45, 7) is 0.470. The molecule has 38 heavy (non-hydrogen) atoms. The predicted octanol–water partition coefficient (Wildman–Crippen LogP) is -4.82. The van der Waals surface area contributed by atoms with E-state index in [0.29, 0.717) is 19.4 Å². The molecule has 0 aliphatic heterocycles. The van der Waals surface area contributed by atoms with Gasteiger partial charge >= 0.3 is 5.97 Å².